The second-order valence-electron chi connectivity index (χ2n) is 5.58. The third kappa shape index (κ3) is 2.55. The second-order valence-corrected chi connectivity index (χ2v) is 5.58. The maximum absolute atomic E-state index is 12.3. The van der Waals surface area contributed by atoms with E-state index in [2.05, 4.69) is 28.7 Å². The van der Waals surface area contributed by atoms with E-state index in [9.17, 15) is 4.79 Å². The number of fused-ring (bicyclic) bond motifs is 1. The molecule has 1 aliphatic heterocycles. The van der Waals surface area contributed by atoms with Crippen LogP contribution in [0.3, 0.4) is 0 Å². The summed E-state index contributed by atoms with van der Waals surface area (Å²) in [5, 5.41) is 0. The van der Waals surface area contributed by atoms with Gasteiger partial charge < -0.3 is 9.80 Å². The van der Waals surface area contributed by atoms with Gasteiger partial charge in [-0.2, -0.15) is 0 Å². The highest BCUT2D eigenvalue weighted by molar-refractivity contribution is 6.03. The Morgan fingerprint density at radius 3 is 2.74 bits per heavy atom. The summed E-state index contributed by atoms with van der Waals surface area (Å²) >= 11 is 0. The number of anilines is 2. The third-order valence-electron chi connectivity index (χ3n) is 3.61. The van der Waals surface area contributed by atoms with Crippen molar-refractivity contribution in [1.29, 1.82) is 0 Å². The zero-order valence-electron chi connectivity index (χ0n) is 12.3. The molecule has 0 fully saturated rings. The van der Waals surface area contributed by atoms with E-state index in [1.54, 1.807) is 18.1 Å². The number of nitrogens with zero attached hydrogens (tertiary/aromatic N) is 4. The van der Waals surface area contributed by atoms with Gasteiger partial charge in [0.05, 0.1) is 6.20 Å². The Balaban J connectivity index is 2.39. The maximum Gasteiger partial charge on any atom is 0.249 e. The fourth-order valence-electron chi connectivity index (χ4n) is 2.31. The van der Waals surface area contributed by atoms with Crippen molar-refractivity contribution < 1.29 is 4.79 Å². The predicted molar refractivity (Wildman–Crippen MR) is 76.4 cm³/mol. The van der Waals surface area contributed by atoms with E-state index in [0.29, 0.717) is 5.92 Å². The van der Waals surface area contributed by atoms with E-state index in [-0.39, 0.29) is 11.9 Å². The fourth-order valence-corrected chi connectivity index (χ4v) is 2.31. The molecule has 1 aromatic heterocycles. The average Bonchev–Trinajstić information content (AvgIpc) is 2.35. The molecule has 104 valence electrons. The van der Waals surface area contributed by atoms with E-state index in [1.807, 2.05) is 13.8 Å². The molecule has 5 nitrogen and oxygen atoms in total. The zero-order chi connectivity index (χ0) is 14.2. The van der Waals surface area contributed by atoms with Gasteiger partial charge in [0.2, 0.25) is 5.91 Å². The van der Waals surface area contributed by atoms with Gasteiger partial charge in [-0.15, -0.1) is 0 Å². The molecule has 1 amide bonds. The molecular weight excluding hydrogens is 240 g/mol. The molecule has 5 heteroatoms. The molecule has 0 saturated carbocycles. The highest BCUT2D eigenvalue weighted by Gasteiger charge is 2.34. The average molecular weight is 262 g/mol. The monoisotopic (exact) mass is 262 g/mol. The van der Waals surface area contributed by atoms with Crippen LogP contribution in [0.5, 0.6) is 0 Å². The predicted octanol–water partition coefficient (Wildman–Crippen LogP) is 2.00. The SMILES string of the molecule is Cc1ncc2c(n1)N(CCC(C)C)C(C)C(=O)N2C. The number of amides is 1. The van der Waals surface area contributed by atoms with Crippen LogP contribution in [0.2, 0.25) is 0 Å². The standard InChI is InChI=1S/C14H22N4O/c1-9(2)6-7-18-10(3)14(19)17(5)12-8-15-11(4)16-13(12)18/h8-10H,6-7H2,1-5H3. The number of hydrogen-bond donors (Lipinski definition) is 0. The molecule has 1 aliphatic rings. The van der Waals surface area contributed by atoms with Crippen LogP contribution in [-0.2, 0) is 4.79 Å². The molecule has 2 rings (SSSR count). The highest BCUT2D eigenvalue weighted by atomic mass is 16.2. The van der Waals surface area contributed by atoms with E-state index >= 15 is 0 Å². The first-order valence-corrected chi connectivity index (χ1v) is 6.79. The zero-order valence-corrected chi connectivity index (χ0v) is 12.3. The minimum Gasteiger partial charge on any atom is -0.343 e. The molecular formula is C14H22N4O. The van der Waals surface area contributed by atoms with Crippen LogP contribution in [0.15, 0.2) is 6.20 Å². The third-order valence-corrected chi connectivity index (χ3v) is 3.61. The second kappa shape index (κ2) is 5.15. The van der Waals surface area contributed by atoms with Crippen molar-refractivity contribution in [3.05, 3.63) is 12.0 Å². The Kier molecular flexibility index (Phi) is 3.73. The summed E-state index contributed by atoms with van der Waals surface area (Å²) in [7, 11) is 1.79. The largest absolute Gasteiger partial charge is 0.343 e. The van der Waals surface area contributed by atoms with Crippen LogP contribution in [0.4, 0.5) is 11.5 Å². The number of likely N-dealkylation sites (N-methyl/N-ethyl adjacent to an activating group) is 1. The lowest BCUT2D eigenvalue weighted by molar-refractivity contribution is -0.119. The Morgan fingerprint density at radius 1 is 1.42 bits per heavy atom. The minimum atomic E-state index is -0.162. The lowest BCUT2D eigenvalue weighted by atomic mass is 10.1. The van der Waals surface area contributed by atoms with Crippen molar-refractivity contribution in [2.24, 2.45) is 5.92 Å². The van der Waals surface area contributed by atoms with Crippen LogP contribution >= 0.6 is 0 Å². The summed E-state index contributed by atoms with van der Waals surface area (Å²) in [5.74, 6) is 2.32. The molecule has 19 heavy (non-hydrogen) atoms. The van der Waals surface area contributed by atoms with Gasteiger partial charge in [0.25, 0.3) is 0 Å². The van der Waals surface area contributed by atoms with E-state index in [1.165, 1.54) is 0 Å². The molecule has 1 unspecified atom stereocenters. The molecule has 0 saturated heterocycles. The molecule has 0 aliphatic carbocycles. The van der Waals surface area contributed by atoms with Crippen LogP contribution in [0, 0.1) is 12.8 Å². The topological polar surface area (TPSA) is 49.3 Å². The molecule has 1 atom stereocenters. The van der Waals surface area contributed by atoms with Crippen molar-refractivity contribution in [2.75, 3.05) is 23.4 Å². The number of carbonyl (C=O) groups excluding carboxylic acids is 1. The summed E-state index contributed by atoms with van der Waals surface area (Å²) < 4.78 is 0. The molecule has 0 aromatic carbocycles. The summed E-state index contributed by atoms with van der Waals surface area (Å²) in [6, 6.07) is -0.162. The molecule has 0 radical (unpaired) electrons. The normalized spacial score (nSPS) is 19.1. The van der Waals surface area contributed by atoms with Gasteiger partial charge in [0.15, 0.2) is 5.82 Å². The smallest absolute Gasteiger partial charge is 0.249 e. The van der Waals surface area contributed by atoms with Gasteiger partial charge in [0.1, 0.15) is 17.6 Å². The van der Waals surface area contributed by atoms with E-state index < -0.39 is 0 Å². The first kappa shape index (κ1) is 13.8. The highest BCUT2D eigenvalue weighted by Crippen LogP contribution is 2.33. The van der Waals surface area contributed by atoms with Gasteiger partial charge in [0, 0.05) is 13.6 Å². The van der Waals surface area contributed by atoms with Gasteiger partial charge >= 0.3 is 0 Å². The van der Waals surface area contributed by atoms with Crippen molar-refractivity contribution in [3.8, 4) is 0 Å². The number of carbonyl (C=O) groups is 1. The first-order chi connectivity index (χ1) is 8.91. The van der Waals surface area contributed by atoms with Crippen molar-refractivity contribution >= 4 is 17.4 Å². The summed E-state index contributed by atoms with van der Waals surface area (Å²) in [5.41, 5.74) is 0.803. The first-order valence-electron chi connectivity index (χ1n) is 6.79. The van der Waals surface area contributed by atoms with E-state index in [0.717, 1.165) is 30.3 Å². The minimum absolute atomic E-state index is 0.101. The van der Waals surface area contributed by atoms with Gasteiger partial charge in [-0.05, 0) is 26.2 Å². The quantitative estimate of drug-likeness (QED) is 0.836. The Morgan fingerprint density at radius 2 is 2.11 bits per heavy atom. The Labute approximate surface area is 114 Å². The maximum atomic E-state index is 12.3. The van der Waals surface area contributed by atoms with Crippen molar-refractivity contribution in [1.82, 2.24) is 9.97 Å². The summed E-state index contributed by atoms with van der Waals surface area (Å²) in [4.78, 5) is 24.7. The molecule has 0 spiro atoms. The molecule has 0 bridgehead atoms. The Hall–Kier alpha value is -1.65. The fraction of sp³-hybridized carbons (Fsp3) is 0.643. The van der Waals surface area contributed by atoms with Crippen molar-refractivity contribution in [2.45, 2.75) is 40.2 Å². The lowest BCUT2D eigenvalue weighted by Gasteiger charge is -2.39. The number of hydrogen-bond acceptors (Lipinski definition) is 4. The molecule has 1 aromatic rings. The number of aromatic nitrogens is 2. The number of rotatable bonds is 3. The van der Waals surface area contributed by atoms with Gasteiger partial charge in [-0.3, -0.25) is 4.79 Å². The van der Waals surface area contributed by atoms with Crippen LogP contribution < -0.4 is 9.80 Å². The van der Waals surface area contributed by atoms with Crippen LogP contribution in [0.25, 0.3) is 0 Å². The molecule has 0 N–H and O–H groups in total. The Bertz CT molecular complexity index is 486. The number of aryl methyl sites for hydroxylation is 1. The van der Waals surface area contributed by atoms with Crippen LogP contribution in [-0.4, -0.2) is 35.5 Å². The summed E-state index contributed by atoms with van der Waals surface area (Å²) in [6.07, 6.45) is 2.79. The van der Waals surface area contributed by atoms with Gasteiger partial charge in [-0.25, -0.2) is 9.97 Å². The lowest BCUT2D eigenvalue weighted by Crippen LogP contribution is -2.51. The summed E-state index contributed by atoms with van der Waals surface area (Å²) in [6.45, 7) is 9.05. The van der Waals surface area contributed by atoms with E-state index in [4.69, 9.17) is 0 Å². The molecule has 2 heterocycles. The van der Waals surface area contributed by atoms with Crippen LogP contribution in [0.1, 0.15) is 33.0 Å². The van der Waals surface area contributed by atoms with Gasteiger partial charge in [-0.1, -0.05) is 13.8 Å². The van der Waals surface area contributed by atoms with Crippen molar-refractivity contribution in [3.63, 3.8) is 0 Å².